The van der Waals surface area contributed by atoms with Crippen molar-refractivity contribution in [2.75, 3.05) is 31.6 Å². The molecule has 1 spiro atoms. The first-order valence-corrected chi connectivity index (χ1v) is 9.61. The van der Waals surface area contributed by atoms with Gasteiger partial charge < -0.3 is 14.5 Å². The van der Waals surface area contributed by atoms with E-state index in [1.54, 1.807) is 19.5 Å². The van der Waals surface area contributed by atoms with Crippen LogP contribution in [0.5, 0.6) is 5.88 Å². The number of carbonyl (C=O) groups is 1. The van der Waals surface area contributed by atoms with Crippen molar-refractivity contribution in [2.24, 2.45) is 5.41 Å². The number of amides is 1. The number of methoxy groups -OCH3 is 1. The minimum Gasteiger partial charge on any atom is -0.478 e. The van der Waals surface area contributed by atoms with E-state index in [0.717, 1.165) is 44.7 Å². The molecule has 2 aliphatic rings. The number of aromatic nitrogens is 2. The Hall–Kier alpha value is -2.63. The van der Waals surface area contributed by atoms with Crippen molar-refractivity contribution in [1.29, 1.82) is 0 Å². The van der Waals surface area contributed by atoms with Crippen LogP contribution in [0.15, 0.2) is 42.7 Å². The molecule has 6 heteroatoms. The fourth-order valence-electron chi connectivity index (χ4n) is 4.45. The summed E-state index contributed by atoms with van der Waals surface area (Å²) in [5, 5.41) is 0. The molecule has 0 unspecified atom stereocenters. The molecule has 2 saturated heterocycles. The summed E-state index contributed by atoms with van der Waals surface area (Å²) in [6.07, 6.45) is 7.17. The Morgan fingerprint density at radius 2 is 1.93 bits per heavy atom. The van der Waals surface area contributed by atoms with E-state index in [9.17, 15) is 4.79 Å². The number of carbonyl (C=O) groups excluding carboxylic acids is 1. The Balaban J connectivity index is 1.52. The van der Waals surface area contributed by atoms with E-state index in [1.807, 2.05) is 23.1 Å². The average Bonchev–Trinajstić information content (AvgIpc) is 2.72. The van der Waals surface area contributed by atoms with Crippen molar-refractivity contribution >= 4 is 11.7 Å². The third-order valence-corrected chi connectivity index (χ3v) is 5.77. The van der Waals surface area contributed by atoms with E-state index in [1.165, 1.54) is 5.56 Å². The maximum Gasteiger partial charge on any atom is 0.257 e. The first kappa shape index (κ1) is 17.8. The molecule has 3 heterocycles. The summed E-state index contributed by atoms with van der Waals surface area (Å²) >= 11 is 0. The van der Waals surface area contributed by atoms with E-state index in [2.05, 4.69) is 27.0 Å². The summed E-state index contributed by atoms with van der Waals surface area (Å²) in [5.74, 6) is 1.65. The van der Waals surface area contributed by atoms with Crippen LogP contribution in [0.1, 0.15) is 31.2 Å². The van der Waals surface area contributed by atoms with Crippen LogP contribution in [0.4, 0.5) is 5.82 Å². The Bertz CT molecular complexity index is 798. The first-order valence-electron chi connectivity index (χ1n) is 9.61. The normalized spacial score (nSPS) is 22.9. The molecule has 0 saturated carbocycles. The van der Waals surface area contributed by atoms with Crippen molar-refractivity contribution in [2.45, 2.75) is 32.2 Å². The average molecular weight is 366 g/mol. The SMILES string of the molecule is COc1nccnc1N1CCC[C@@]2(CCC(=O)N(Cc3ccccc3)C2)C1. The zero-order valence-electron chi connectivity index (χ0n) is 15.8. The number of nitrogens with zero attached hydrogens (tertiary/aromatic N) is 4. The maximum absolute atomic E-state index is 12.5. The van der Waals surface area contributed by atoms with Gasteiger partial charge in [-0.15, -0.1) is 0 Å². The van der Waals surface area contributed by atoms with E-state index in [4.69, 9.17) is 4.74 Å². The molecule has 0 bridgehead atoms. The van der Waals surface area contributed by atoms with Gasteiger partial charge in [0.05, 0.1) is 7.11 Å². The van der Waals surface area contributed by atoms with E-state index in [0.29, 0.717) is 18.8 Å². The number of rotatable bonds is 4. The van der Waals surface area contributed by atoms with Crippen LogP contribution in [-0.2, 0) is 11.3 Å². The van der Waals surface area contributed by atoms with E-state index < -0.39 is 0 Å². The van der Waals surface area contributed by atoms with Gasteiger partial charge >= 0.3 is 0 Å². The van der Waals surface area contributed by atoms with Gasteiger partial charge in [0.2, 0.25) is 5.91 Å². The number of hydrogen-bond acceptors (Lipinski definition) is 5. The molecule has 0 radical (unpaired) electrons. The molecule has 142 valence electrons. The number of likely N-dealkylation sites (tertiary alicyclic amines) is 1. The molecule has 1 aromatic carbocycles. The summed E-state index contributed by atoms with van der Waals surface area (Å²) in [6.45, 7) is 3.33. The Morgan fingerprint density at radius 3 is 2.74 bits per heavy atom. The van der Waals surface area contributed by atoms with Crippen LogP contribution in [-0.4, -0.2) is 47.5 Å². The quantitative estimate of drug-likeness (QED) is 0.833. The summed E-state index contributed by atoms with van der Waals surface area (Å²) < 4.78 is 5.41. The highest BCUT2D eigenvalue weighted by atomic mass is 16.5. The second-order valence-electron chi connectivity index (χ2n) is 7.65. The van der Waals surface area contributed by atoms with Crippen LogP contribution in [0.2, 0.25) is 0 Å². The largest absolute Gasteiger partial charge is 0.478 e. The van der Waals surface area contributed by atoms with Crippen LogP contribution in [0.3, 0.4) is 0 Å². The fraction of sp³-hybridized carbons (Fsp3) is 0.476. The number of anilines is 1. The highest BCUT2D eigenvalue weighted by molar-refractivity contribution is 5.77. The predicted octanol–water partition coefficient (Wildman–Crippen LogP) is 2.89. The molecule has 4 rings (SSSR count). The molecule has 0 N–H and O–H groups in total. The highest BCUT2D eigenvalue weighted by Crippen LogP contribution is 2.41. The molecule has 2 fully saturated rings. The van der Waals surface area contributed by atoms with Gasteiger partial charge in [0.1, 0.15) is 0 Å². The van der Waals surface area contributed by atoms with Crippen molar-refractivity contribution in [1.82, 2.24) is 14.9 Å². The topological polar surface area (TPSA) is 58.6 Å². The fourth-order valence-corrected chi connectivity index (χ4v) is 4.45. The summed E-state index contributed by atoms with van der Waals surface area (Å²) in [4.78, 5) is 25.7. The van der Waals surface area contributed by atoms with Gasteiger partial charge in [0.15, 0.2) is 5.82 Å². The van der Waals surface area contributed by atoms with Crippen molar-refractivity contribution in [3.05, 3.63) is 48.3 Å². The lowest BCUT2D eigenvalue weighted by atomic mass is 9.73. The lowest BCUT2D eigenvalue weighted by Crippen LogP contribution is -2.54. The molecule has 6 nitrogen and oxygen atoms in total. The Labute approximate surface area is 160 Å². The summed E-state index contributed by atoms with van der Waals surface area (Å²) in [6, 6.07) is 10.2. The van der Waals surface area contributed by atoms with Crippen LogP contribution in [0.25, 0.3) is 0 Å². The lowest BCUT2D eigenvalue weighted by molar-refractivity contribution is -0.138. The molecule has 1 amide bonds. The number of ether oxygens (including phenoxy) is 1. The molecular weight excluding hydrogens is 340 g/mol. The van der Waals surface area contributed by atoms with Gasteiger partial charge in [0, 0.05) is 50.4 Å². The second kappa shape index (κ2) is 7.55. The number of piperidine rings is 2. The first-order chi connectivity index (χ1) is 13.2. The van der Waals surface area contributed by atoms with Gasteiger partial charge in [0.25, 0.3) is 5.88 Å². The molecule has 2 aliphatic heterocycles. The number of benzene rings is 1. The minimum absolute atomic E-state index is 0.115. The third-order valence-electron chi connectivity index (χ3n) is 5.77. The van der Waals surface area contributed by atoms with Gasteiger partial charge in [-0.05, 0) is 24.8 Å². The molecule has 1 atom stereocenters. The van der Waals surface area contributed by atoms with Gasteiger partial charge in [-0.25, -0.2) is 9.97 Å². The van der Waals surface area contributed by atoms with Gasteiger partial charge in [-0.2, -0.15) is 0 Å². The monoisotopic (exact) mass is 366 g/mol. The van der Waals surface area contributed by atoms with Crippen molar-refractivity contribution in [3.63, 3.8) is 0 Å². The lowest BCUT2D eigenvalue weighted by Gasteiger charge is -2.48. The van der Waals surface area contributed by atoms with Crippen LogP contribution in [0, 0.1) is 5.41 Å². The molecule has 1 aromatic heterocycles. The van der Waals surface area contributed by atoms with Crippen LogP contribution >= 0.6 is 0 Å². The Morgan fingerprint density at radius 1 is 1.11 bits per heavy atom. The Kier molecular flexibility index (Phi) is 4.97. The third kappa shape index (κ3) is 3.75. The van der Waals surface area contributed by atoms with E-state index >= 15 is 0 Å². The zero-order chi connectivity index (χ0) is 18.7. The van der Waals surface area contributed by atoms with Gasteiger partial charge in [-0.1, -0.05) is 30.3 Å². The minimum atomic E-state index is 0.115. The smallest absolute Gasteiger partial charge is 0.257 e. The van der Waals surface area contributed by atoms with Crippen LogP contribution < -0.4 is 9.64 Å². The second-order valence-corrected chi connectivity index (χ2v) is 7.65. The zero-order valence-corrected chi connectivity index (χ0v) is 15.8. The molecule has 0 aliphatic carbocycles. The maximum atomic E-state index is 12.5. The molecular formula is C21H26N4O2. The molecule has 2 aromatic rings. The number of hydrogen-bond donors (Lipinski definition) is 0. The van der Waals surface area contributed by atoms with Crippen molar-refractivity contribution < 1.29 is 9.53 Å². The predicted molar refractivity (Wildman–Crippen MR) is 104 cm³/mol. The molecule has 27 heavy (non-hydrogen) atoms. The van der Waals surface area contributed by atoms with E-state index in [-0.39, 0.29) is 11.3 Å². The summed E-state index contributed by atoms with van der Waals surface area (Å²) in [7, 11) is 1.63. The van der Waals surface area contributed by atoms with Crippen molar-refractivity contribution in [3.8, 4) is 5.88 Å². The van der Waals surface area contributed by atoms with Gasteiger partial charge in [-0.3, -0.25) is 4.79 Å². The standard InChI is InChI=1S/C21H26N4O2/c1-27-20-19(22-11-12-23-20)24-13-5-9-21(15-24)10-8-18(26)25(16-21)14-17-6-3-2-4-7-17/h2-4,6-7,11-12H,5,8-10,13-16H2,1H3/t21-/m1/s1. The highest BCUT2D eigenvalue weighted by Gasteiger charge is 2.42. The summed E-state index contributed by atoms with van der Waals surface area (Å²) in [5.41, 5.74) is 1.30.